The molecule has 3 rings (SSSR count). The highest BCUT2D eigenvalue weighted by Gasteiger charge is 2.53. The van der Waals surface area contributed by atoms with Crippen LogP contribution < -0.4 is 0 Å². The van der Waals surface area contributed by atoms with E-state index in [1.165, 1.54) is 18.2 Å². The van der Waals surface area contributed by atoms with E-state index in [1.54, 1.807) is 36.4 Å². The van der Waals surface area contributed by atoms with E-state index in [0.29, 0.717) is 9.48 Å². The van der Waals surface area contributed by atoms with Crippen LogP contribution in [0.3, 0.4) is 0 Å². The normalized spacial score (nSPS) is 20.5. The molecular weight excluding hydrogens is 401 g/mol. The number of carbonyl (C=O) groups excluding carboxylic acids is 1. The molecule has 0 aromatic heterocycles. The van der Waals surface area contributed by atoms with Gasteiger partial charge in [0.05, 0.1) is 12.0 Å². The van der Waals surface area contributed by atoms with Crippen LogP contribution in [0, 0.1) is 0 Å². The predicted octanol–water partition coefficient (Wildman–Crippen LogP) is 4.06. The van der Waals surface area contributed by atoms with Gasteiger partial charge in [0.1, 0.15) is 5.71 Å². The number of amides is 1. The highest BCUT2D eigenvalue weighted by molar-refractivity contribution is 9.10. The van der Waals surface area contributed by atoms with Crippen molar-refractivity contribution in [3.8, 4) is 0 Å². The van der Waals surface area contributed by atoms with Crippen molar-refractivity contribution in [1.82, 2.24) is 5.01 Å². The van der Waals surface area contributed by atoms with Crippen LogP contribution in [0.5, 0.6) is 0 Å². The molecule has 0 saturated heterocycles. The summed E-state index contributed by atoms with van der Waals surface area (Å²) in [5.41, 5.74) is -3.17. The van der Waals surface area contributed by atoms with Crippen molar-refractivity contribution in [3.05, 3.63) is 70.2 Å². The SMILES string of the molecule is O=C(c1ccccc1Br)N1N=C(C(F)(F)F)C[C@@]1(O)c1ccccc1. The lowest BCUT2D eigenvalue weighted by Gasteiger charge is -2.31. The second-order valence-electron chi connectivity index (χ2n) is 5.50. The zero-order chi connectivity index (χ0) is 18.2. The topological polar surface area (TPSA) is 52.9 Å². The van der Waals surface area contributed by atoms with Crippen molar-refractivity contribution in [2.75, 3.05) is 0 Å². The van der Waals surface area contributed by atoms with E-state index in [4.69, 9.17) is 0 Å². The van der Waals surface area contributed by atoms with Crippen molar-refractivity contribution in [1.29, 1.82) is 0 Å². The van der Waals surface area contributed by atoms with Gasteiger partial charge < -0.3 is 5.11 Å². The van der Waals surface area contributed by atoms with Gasteiger partial charge in [-0.1, -0.05) is 42.5 Å². The van der Waals surface area contributed by atoms with Gasteiger partial charge in [-0.15, -0.1) is 0 Å². The maximum absolute atomic E-state index is 13.1. The quantitative estimate of drug-likeness (QED) is 0.808. The van der Waals surface area contributed by atoms with Gasteiger partial charge >= 0.3 is 6.18 Å². The van der Waals surface area contributed by atoms with Crippen LogP contribution in [-0.2, 0) is 5.72 Å². The fourth-order valence-corrected chi connectivity index (χ4v) is 3.05. The smallest absolute Gasteiger partial charge is 0.365 e. The van der Waals surface area contributed by atoms with Gasteiger partial charge in [0.25, 0.3) is 5.91 Å². The van der Waals surface area contributed by atoms with Crippen molar-refractivity contribution in [3.63, 3.8) is 0 Å². The summed E-state index contributed by atoms with van der Waals surface area (Å²) in [6.45, 7) is 0. The minimum atomic E-state index is -4.74. The number of halogens is 4. The Bertz CT molecular complexity index is 839. The van der Waals surface area contributed by atoms with Crippen molar-refractivity contribution in [2.45, 2.75) is 18.3 Å². The molecule has 1 atom stereocenters. The molecule has 1 N–H and O–H groups in total. The molecule has 0 spiro atoms. The van der Waals surface area contributed by atoms with E-state index in [-0.39, 0.29) is 11.1 Å². The molecule has 0 fully saturated rings. The molecule has 1 aliphatic rings. The third-order valence-corrected chi connectivity index (χ3v) is 4.54. The molecule has 2 aromatic carbocycles. The lowest BCUT2D eigenvalue weighted by Crippen LogP contribution is -2.43. The lowest BCUT2D eigenvalue weighted by atomic mass is 9.96. The Morgan fingerprint density at radius 1 is 1.12 bits per heavy atom. The van der Waals surface area contributed by atoms with Gasteiger partial charge in [-0.25, -0.2) is 0 Å². The number of benzene rings is 2. The average molecular weight is 413 g/mol. The third kappa shape index (κ3) is 3.19. The number of hydrogen-bond donors (Lipinski definition) is 1. The number of alkyl halides is 3. The van der Waals surface area contributed by atoms with Gasteiger partial charge in [0.2, 0.25) is 0 Å². The van der Waals surface area contributed by atoms with Gasteiger partial charge in [-0.2, -0.15) is 23.3 Å². The number of carbonyl (C=O) groups is 1. The Morgan fingerprint density at radius 3 is 2.32 bits per heavy atom. The third-order valence-electron chi connectivity index (χ3n) is 3.85. The monoisotopic (exact) mass is 412 g/mol. The molecule has 130 valence electrons. The zero-order valence-electron chi connectivity index (χ0n) is 12.7. The van der Waals surface area contributed by atoms with Crippen LogP contribution in [-0.4, -0.2) is 27.9 Å². The number of rotatable bonds is 2. The Kier molecular flexibility index (Phi) is 4.42. The molecule has 1 amide bonds. The van der Waals surface area contributed by atoms with Crippen LogP contribution in [0.2, 0.25) is 0 Å². The minimum Gasteiger partial charge on any atom is -0.365 e. The van der Waals surface area contributed by atoms with Gasteiger partial charge in [0, 0.05) is 10.0 Å². The molecular formula is C17H12BrF3N2O2. The highest BCUT2D eigenvalue weighted by Crippen LogP contribution is 2.40. The first-order valence-electron chi connectivity index (χ1n) is 7.25. The number of hydrazone groups is 1. The first-order chi connectivity index (χ1) is 11.7. The summed E-state index contributed by atoms with van der Waals surface area (Å²) in [5, 5.41) is 14.9. The summed E-state index contributed by atoms with van der Waals surface area (Å²) in [5.74, 6) is -0.835. The standard InChI is InChI=1S/C17H12BrF3N2O2/c18-13-9-5-4-8-12(13)15(24)23-16(25,11-6-2-1-3-7-11)10-14(22-23)17(19,20)21/h1-9,25H,10H2/t16-/m1/s1. The summed E-state index contributed by atoms with van der Waals surface area (Å²) in [7, 11) is 0. The van der Waals surface area contributed by atoms with Gasteiger partial charge in [0.15, 0.2) is 5.72 Å². The van der Waals surface area contributed by atoms with Gasteiger partial charge in [-0.05, 0) is 28.1 Å². The van der Waals surface area contributed by atoms with Gasteiger partial charge in [-0.3, -0.25) is 4.79 Å². The van der Waals surface area contributed by atoms with Crippen LogP contribution in [0.4, 0.5) is 13.2 Å². The van der Waals surface area contributed by atoms with Crippen molar-refractivity contribution >= 4 is 27.5 Å². The highest BCUT2D eigenvalue weighted by atomic mass is 79.9. The van der Waals surface area contributed by atoms with E-state index in [0.717, 1.165) is 0 Å². The molecule has 0 aliphatic carbocycles. The molecule has 0 saturated carbocycles. The second kappa shape index (κ2) is 6.27. The Morgan fingerprint density at radius 2 is 1.72 bits per heavy atom. The summed E-state index contributed by atoms with van der Waals surface area (Å²) < 4.78 is 39.8. The maximum atomic E-state index is 13.1. The molecule has 0 unspecified atom stereocenters. The Labute approximate surface area is 149 Å². The fourth-order valence-electron chi connectivity index (χ4n) is 2.60. The lowest BCUT2D eigenvalue weighted by molar-refractivity contribution is -0.0816. The van der Waals surface area contributed by atoms with Crippen molar-refractivity contribution in [2.24, 2.45) is 5.10 Å². The molecule has 0 bridgehead atoms. The zero-order valence-corrected chi connectivity index (χ0v) is 14.3. The van der Waals surface area contributed by atoms with Crippen LogP contribution >= 0.6 is 15.9 Å². The minimum absolute atomic E-state index is 0.101. The number of nitrogens with zero attached hydrogens (tertiary/aromatic N) is 2. The van der Waals surface area contributed by atoms with Crippen LogP contribution in [0.15, 0.2) is 64.2 Å². The Balaban J connectivity index is 2.10. The molecule has 0 radical (unpaired) electrons. The van der Waals surface area contributed by atoms with Crippen LogP contribution in [0.25, 0.3) is 0 Å². The van der Waals surface area contributed by atoms with Crippen molar-refractivity contribution < 1.29 is 23.1 Å². The number of hydrogen-bond acceptors (Lipinski definition) is 3. The molecule has 8 heteroatoms. The molecule has 25 heavy (non-hydrogen) atoms. The first-order valence-corrected chi connectivity index (χ1v) is 8.04. The first kappa shape index (κ1) is 17.6. The average Bonchev–Trinajstić information content (AvgIpc) is 2.95. The van der Waals surface area contributed by atoms with E-state index >= 15 is 0 Å². The van der Waals surface area contributed by atoms with Crippen LogP contribution in [0.1, 0.15) is 22.3 Å². The maximum Gasteiger partial charge on any atom is 0.431 e. The largest absolute Gasteiger partial charge is 0.431 e. The summed E-state index contributed by atoms with van der Waals surface area (Å²) >= 11 is 3.19. The Hall–Kier alpha value is -2.19. The summed E-state index contributed by atoms with van der Waals surface area (Å²) in [6.07, 6.45) is -5.58. The summed E-state index contributed by atoms with van der Waals surface area (Å²) in [4.78, 5) is 12.8. The number of aliphatic hydroxyl groups is 1. The molecule has 1 aliphatic heterocycles. The fraction of sp³-hybridized carbons (Fsp3) is 0.176. The van der Waals surface area contributed by atoms with E-state index in [2.05, 4.69) is 21.0 Å². The molecule has 1 heterocycles. The summed E-state index contributed by atoms with van der Waals surface area (Å²) in [6, 6.07) is 14.0. The predicted molar refractivity (Wildman–Crippen MR) is 88.8 cm³/mol. The molecule has 4 nitrogen and oxygen atoms in total. The van der Waals surface area contributed by atoms with E-state index in [9.17, 15) is 23.1 Å². The second-order valence-corrected chi connectivity index (χ2v) is 6.36. The van der Waals surface area contributed by atoms with E-state index < -0.39 is 29.9 Å². The molecule has 2 aromatic rings. The van der Waals surface area contributed by atoms with E-state index in [1.807, 2.05) is 0 Å².